The molecule has 0 spiro atoms. The second kappa shape index (κ2) is 8.89. The lowest BCUT2D eigenvalue weighted by Gasteiger charge is -2.21. The highest BCUT2D eigenvalue weighted by Gasteiger charge is 2.37. The van der Waals surface area contributed by atoms with E-state index in [1.165, 1.54) is 0 Å². The summed E-state index contributed by atoms with van der Waals surface area (Å²) in [6, 6.07) is 10.0. The van der Waals surface area contributed by atoms with Gasteiger partial charge in [0.1, 0.15) is 6.61 Å². The highest BCUT2D eigenvalue weighted by molar-refractivity contribution is 6.39. The number of amides is 1. The number of carbonyl (C=O) groups excluding carboxylic acids is 2. The van der Waals surface area contributed by atoms with E-state index in [1.54, 1.807) is 6.92 Å². The highest BCUT2D eigenvalue weighted by atomic mass is 16.7. The number of nitrogens with one attached hydrogen (secondary N) is 1. The van der Waals surface area contributed by atoms with E-state index in [0.29, 0.717) is 0 Å². The van der Waals surface area contributed by atoms with Gasteiger partial charge in [-0.05, 0) is 37.6 Å². The van der Waals surface area contributed by atoms with E-state index < -0.39 is 11.9 Å². The Morgan fingerprint density at radius 3 is 2.76 bits per heavy atom. The summed E-state index contributed by atoms with van der Waals surface area (Å²) in [5.41, 5.74) is 6.28. The normalized spacial score (nSPS) is 16.7. The molecule has 154 valence electrons. The van der Waals surface area contributed by atoms with Crippen LogP contribution in [0.15, 0.2) is 35.5 Å². The Bertz CT molecular complexity index is 935. The van der Waals surface area contributed by atoms with E-state index in [1.807, 2.05) is 45.2 Å². The number of oxime groups is 1. The Morgan fingerprint density at radius 1 is 1.31 bits per heavy atom. The number of hydroxylamine groups is 1. The van der Waals surface area contributed by atoms with Crippen LogP contribution in [-0.2, 0) is 26.3 Å². The van der Waals surface area contributed by atoms with Crippen molar-refractivity contribution in [2.45, 2.75) is 39.5 Å². The number of hydrogen-bond acceptors (Lipinski definition) is 6. The van der Waals surface area contributed by atoms with Gasteiger partial charge < -0.3 is 14.2 Å². The van der Waals surface area contributed by atoms with Gasteiger partial charge in [0.15, 0.2) is 5.71 Å². The predicted molar refractivity (Wildman–Crippen MR) is 108 cm³/mol. The summed E-state index contributed by atoms with van der Waals surface area (Å²) < 4.78 is 2.09. The van der Waals surface area contributed by atoms with E-state index in [9.17, 15) is 9.59 Å². The summed E-state index contributed by atoms with van der Waals surface area (Å²) in [7, 11) is 2.01. The third kappa shape index (κ3) is 4.31. The molecule has 2 aromatic rings. The molecule has 0 radical (unpaired) electrons. The number of nitrogens with zero attached hydrogens (tertiary/aromatic N) is 3. The molecule has 29 heavy (non-hydrogen) atoms. The molecule has 3 heterocycles. The quantitative estimate of drug-likeness (QED) is 0.755. The van der Waals surface area contributed by atoms with Gasteiger partial charge in [0.05, 0.1) is 17.3 Å². The third-order valence-electron chi connectivity index (χ3n) is 5.26. The van der Waals surface area contributed by atoms with Crippen molar-refractivity contribution in [3.63, 3.8) is 0 Å². The average molecular weight is 398 g/mol. The first kappa shape index (κ1) is 20.6. The molecule has 8 nitrogen and oxygen atoms in total. The van der Waals surface area contributed by atoms with E-state index in [4.69, 9.17) is 14.7 Å². The van der Waals surface area contributed by atoms with Crippen molar-refractivity contribution < 1.29 is 19.3 Å². The van der Waals surface area contributed by atoms with Crippen molar-refractivity contribution >= 4 is 17.6 Å². The number of aromatic nitrogens is 2. The van der Waals surface area contributed by atoms with Crippen molar-refractivity contribution in [2.24, 2.45) is 18.1 Å². The minimum absolute atomic E-state index is 0.0646. The van der Waals surface area contributed by atoms with Crippen LogP contribution < -0.4 is 5.48 Å². The molecule has 8 heteroatoms. The van der Waals surface area contributed by atoms with E-state index in [0.717, 1.165) is 29.2 Å². The van der Waals surface area contributed by atoms with Gasteiger partial charge in [-0.25, -0.2) is 4.79 Å². The van der Waals surface area contributed by atoms with Crippen LogP contribution >= 0.6 is 0 Å². The van der Waals surface area contributed by atoms with Gasteiger partial charge in [0.2, 0.25) is 0 Å². The van der Waals surface area contributed by atoms with Crippen LogP contribution in [0.1, 0.15) is 44.0 Å². The molecule has 0 aliphatic carbocycles. The summed E-state index contributed by atoms with van der Waals surface area (Å²) in [6.45, 7) is 6.01. The van der Waals surface area contributed by atoms with Crippen LogP contribution in [0.25, 0.3) is 11.4 Å². The van der Waals surface area contributed by atoms with Crippen LogP contribution in [0.4, 0.5) is 0 Å². The fourth-order valence-corrected chi connectivity index (χ4v) is 3.45. The van der Waals surface area contributed by atoms with Crippen LogP contribution in [0, 0.1) is 12.8 Å². The highest BCUT2D eigenvalue weighted by Crippen LogP contribution is 2.32. The molecular formula is C21H26N4O4. The van der Waals surface area contributed by atoms with Gasteiger partial charge >= 0.3 is 11.9 Å². The lowest BCUT2D eigenvalue weighted by Crippen LogP contribution is -2.38. The van der Waals surface area contributed by atoms with Crippen LogP contribution in [0.2, 0.25) is 0 Å². The fourth-order valence-electron chi connectivity index (χ4n) is 3.45. The van der Waals surface area contributed by atoms with Gasteiger partial charge in [-0.2, -0.15) is 5.48 Å². The number of aryl methyl sites for hydroxylation is 1. The number of hydrogen-bond donors (Lipinski definition) is 1. The zero-order chi connectivity index (χ0) is 21.0. The molecule has 0 fully saturated rings. The molecule has 0 aromatic carbocycles. The second-order valence-corrected chi connectivity index (χ2v) is 7.02. The maximum atomic E-state index is 12.4. The van der Waals surface area contributed by atoms with Gasteiger partial charge in [-0.15, -0.1) is 0 Å². The minimum atomic E-state index is -0.568. The SMILES string of the molecule is CCC(=O)ONC(=O)C1=NOCC1C(CC)c1cccc(-c2ccc(C)n2C)n1. The van der Waals surface area contributed by atoms with Crippen molar-refractivity contribution in [3.05, 3.63) is 41.7 Å². The molecule has 2 aromatic heterocycles. The third-order valence-corrected chi connectivity index (χ3v) is 5.26. The van der Waals surface area contributed by atoms with Crippen LogP contribution in [-0.4, -0.2) is 33.7 Å². The molecule has 3 rings (SSSR count). The summed E-state index contributed by atoms with van der Waals surface area (Å²) in [5.74, 6) is -1.43. The monoisotopic (exact) mass is 398 g/mol. The lowest BCUT2D eigenvalue weighted by atomic mass is 9.84. The minimum Gasteiger partial charge on any atom is -0.395 e. The van der Waals surface area contributed by atoms with Crippen molar-refractivity contribution in [1.29, 1.82) is 0 Å². The second-order valence-electron chi connectivity index (χ2n) is 7.02. The lowest BCUT2D eigenvalue weighted by molar-refractivity contribution is -0.155. The molecule has 1 amide bonds. The standard InChI is InChI=1S/C21H26N4O4/c1-5-14(15-12-28-23-20(15)21(27)24-29-19(26)6-2)16-8-7-9-17(22-16)18-11-10-13(3)25(18)4/h7-11,14-15H,5-6,12H2,1-4H3,(H,24,27). The average Bonchev–Trinajstić information content (AvgIpc) is 3.34. The Hall–Kier alpha value is -3.16. The fraction of sp³-hybridized carbons (Fsp3) is 0.429. The summed E-state index contributed by atoms with van der Waals surface area (Å²) >= 11 is 0. The summed E-state index contributed by atoms with van der Waals surface area (Å²) in [6.07, 6.45) is 0.914. The maximum absolute atomic E-state index is 12.4. The van der Waals surface area contributed by atoms with Gasteiger partial charge in [-0.1, -0.05) is 25.1 Å². The number of rotatable bonds is 6. The van der Waals surface area contributed by atoms with Gasteiger partial charge in [-0.3, -0.25) is 9.78 Å². The predicted octanol–water partition coefficient (Wildman–Crippen LogP) is 2.88. The Kier molecular flexibility index (Phi) is 6.31. The van der Waals surface area contributed by atoms with Gasteiger partial charge in [0.25, 0.3) is 0 Å². The largest absolute Gasteiger partial charge is 0.395 e. The Labute approximate surface area is 169 Å². The maximum Gasteiger partial charge on any atom is 0.331 e. The van der Waals surface area contributed by atoms with Crippen molar-refractivity contribution in [2.75, 3.05) is 6.61 Å². The van der Waals surface area contributed by atoms with E-state index >= 15 is 0 Å². The van der Waals surface area contributed by atoms with Crippen molar-refractivity contribution in [1.82, 2.24) is 15.0 Å². The van der Waals surface area contributed by atoms with Crippen LogP contribution in [0.3, 0.4) is 0 Å². The zero-order valence-corrected chi connectivity index (χ0v) is 17.1. The molecule has 1 aliphatic rings. The number of pyridine rings is 1. The summed E-state index contributed by atoms with van der Waals surface area (Å²) in [5, 5.41) is 3.89. The molecule has 1 N–H and O–H groups in total. The molecule has 0 bridgehead atoms. The Morgan fingerprint density at radius 2 is 2.10 bits per heavy atom. The number of carbonyl (C=O) groups is 2. The Balaban J connectivity index is 1.83. The van der Waals surface area contributed by atoms with E-state index in [-0.39, 0.29) is 30.6 Å². The zero-order valence-electron chi connectivity index (χ0n) is 17.1. The first-order valence-electron chi connectivity index (χ1n) is 9.75. The molecule has 1 aliphatic heterocycles. The topological polar surface area (TPSA) is 94.8 Å². The molecule has 0 saturated heterocycles. The first-order valence-corrected chi connectivity index (χ1v) is 9.75. The first-order chi connectivity index (χ1) is 14.0. The van der Waals surface area contributed by atoms with Gasteiger partial charge in [0, 0.05) is 30.8 Å². The molecule has 2 atom stereocenters. The molecular weight excluding hydrogens is 372 g/mol. The van der Waals surface area contributed by atoms with Crippen molar-refractivity contribution in [3.8, 4) is 11.4 Å². The summed E-state index contributed by atoms with van der Waals surface area (Å²) in [4.78, 5) is 38.6. The smallest absolute Gasteiger partial charge is 0.331 e. The van der Waals surface area contributed by atoms with Crippen LogP contribution in [0.5, 0.6) is 0 Å². The molecule has 2 unspecified atom stereocenters. The van der Waals surface area contributed by atoms with E-state index in [2.05, 4.69) is 21.3 Å². The molecule has 0 saturated carbocycles.